The Kier molecular flexibility index (Phi) is 5.67. The maximum absolute atomic E-state index is 13.4. The summed E-state index contributed by atoms with van der Waals surface area (Å²) >= 11 is 0. The van der Waals surface area contributed by atoms with Crippen LogP contribution in [0.15, 0.2) is 36.7 Å². The number of carbonyl (C=O) groups excluding carboxylic acids is 3. The number of hydrogen-bond acceptors (Lipinski definition) is 3. The predicted octanol–water partition coefficient (Wildman–Crippen LogP) is 1.93. The van der Waals surface area contributed by atoms with Crippen molar-refractivity contribution in [2.45, 2.75) is 25.4 Å². The molecule has 1 aliphatic heterocycles. The number of anilines is 1. The molecule has 7 nitrogen and oxygen atoms in total. The summed E-state index contributed by atoms with van der Waals surface area (Å²) in [4.78, 5) is 36.8. The smallest absolute Gasteiger partial charge is 0.329 e. The molecule has 28 heavy (non-hydrogen) atoms. The van der Waals surface area contributed by atoms with E-state index in [-0.39, 0.29) is 18.7 Å². The first-order valence-electron chi connectivity index (χ1n) is 8.53. The molecule has 0 spiro atoms. The molecule has 1 aromatic carbocycles. The van der Waals surface area contributed by atoms with Crippen molar-refractivity contribution >= 4 is 23.5 Å². The summed E-state index contributed by atoms with van der Waals surface area (Å²) in [5.74, 6) is -5.78. The summed E-state index contributed by atoms with van der Waals surface area (Å²) in [6, 6.07) is 2.94. The van der Waals surface area contributed by atoms with Gasteiger partial charge in [0.2, 0.25) is 5.91 Å². The van der Waals surface area contributed by atoms with Crippen LogP contribution in [0, 0.1) is 17.5 Å². The molecule has 0 aliphatic carbocycles. The van der Waals surface area contributed by atoms with E-state index < -0.39 is 41.1 Å². The molecular formula is C18H17F3N4O3. The Balaban J connectivity index is 1.54. The van der Waals surface area contributed by atoms with Crippen molar-refractivity contribution in [3.63, 3.8) is 0 Å². The van der Waals surface area contributed by atoms with Crippen molar-refractivity contribution < 1.29 is 27.6 Å². The first kappa shape index (κ1) is 19.5. The highest BCUT2D eigenvalue weighted by atomic mass is 19.2. The third kappa shape index (κ3) is 4.16. The molecule has 1 atom stereocenters. The third-order valence-electron chi connectivity index (χ3n) is 4.26. The molecule has 0 saturated carbocycles. The molecule has 0 bridgehead atoms. The van der Waals surface area contributed by atoms with Crippen LogP contribution in [0.1, 0.15) is 12.8 Å². The number of nitrogens with one attached hydrogen (secondary N) is 2. The summed E-state index contributed by atoms with van der Waals surface area (Å²) < 4.78 is 41.7. The first-order chi connectivity index (χ1) is 13.4. The lowest BCUT2D eigenvalue weighted by Crippen LogP contribution is -2.33. The zero-order valence-corrected chi connectivity index (χ0v) is 14.6. The summed E-state index contributed by atoms with van der Waals surface area (Å²) in [6.45, 7) is 0.992. The van der Waals surface area contributed by atoms with E-state index in [1.165, 1.54) is 0 Å². The molecule has 10 heteroatoms. The highest BCUT2D eigenvalue weighted by Crippen LogP contribution is 2.25. The van der Waals surface area contributed by atoms with Crippen LogP contribution in [-0.4, -0.2) is 35.0 Å². The lowest BCUT2D eigenvalue weighted by Gasteiger charge is -2.13. The van der Waals surface area contributed by atoms with Crippen molar-refractivity contribution in [2.24, 2.45) is 0 Å². The van der Waals surface area contributed by atoms with E-state index in [4.69, 9.17) is 0 Å². The van der Waals surface area contributed by atoms with Crippen molar-refractivity contribution in [2.75, 3.05) is 11.4 Å². The second-order valence-corrected chi connectivity index (χ2v) is 6.21. The number of nitrogens with zero attached hydrogens (tertiary/aromatic N) is 2. The molecule has 0 unspecified atom stereocenters. The summed E-state index contributed by atoms with van der Waals surface area (Å²) in [7, 11) is 0. The maximum Gasteiger partial charge on any atom is 0.329 e. The van der Waals surface area contributed by atoms with Gasteiger partial charge in [-0.25, -0.2) is 22.9 Å². The predicted molar refractivity (Wildman–Crippen MR) is 92.8 cm³/mol. The molecule has 1 aromatic heterocycles. The molecule has 0 radical (unpaired) electrons. The normalized spacial score (nSPS) is 16.4. The van der Waals surface area contributed by atoms with Crippen LogP contribution in [0.3, 0.4) is 0 Å². The number of rotatable bonds is 7. The van der Waals surface area contributed by atoms with Gasteiger partial charge in [0.1, 0.15) is 6.04 Å². The van der Waals surface area contributed by atoms with Crippen LogP contribution >= 0.6 is 0 Å². The highest BCUT2D eigenvalue weighted by Gasteiger charge is 2.39. The van der Waals surface area contributed by atoms with Gasteiger partial charge in [-0.3, -0.25) is 9.59 Å². The summed E-state index contributed by atoms with van der Waals surface area (Å²) in [6.07, 6.45) is 3.70. The number of imide groups is 1. The van der Waals surface area contributed by atoms with Gasteiger partial charge in [0.15, 0.2) is 17.5 Å². The van der Waals surface area contributed by atoms with Crippen LogP contribution in [0.4, 0.5) is 23.7 Å². The fourth-order valence-corrected chi connectivity index (χ4v) is 2.85. The summed E-state index contributed by atoms with van der Waals surface area (Å²) in [5.41, 5.74) is -0.419. The van der Waals surface area contributed by atoms with E-state index in [1.54, 1.807) is 0 Å². The van der Waals surface area contributed by atoms with E-state index in [0.717, 1.165) is 0 Å². The van der Waals surface area contributed by atoms with Crippen LogP contribution in [-0.2, 0) is 16.1 Å². The van der Waals surface area contributed by atoms with E-state index in [1.807, 2.05) is 29.1 Å². The number of amides is 4. The second-order valence-electron chi connectivity index (χ2n) is 6.21. The minimum atomic E-state index is -1.69. The lowest BCUT2D eigenvalue weighted by molar-refractivity contribution is -0.121. The van der Waals surface area contributed by atoms with Gasteiger partial charge >= 0.3 is 6.03 Å². The van der Waals surface area contributed by atoms with E-state index in [0.29, 0.717) is 30.1 Å². The van der Waals surface area contributed by atoms with Gasteiger partial charge in [0, 0.05) is 44.0 Å². The Labute approximate surface area is 158 Å². The summed E-state index contributed by atoms with van der Waals surface area (Å²) in [5, 5.41) is 5.05. The minimum absolute atomic E-state index is 0.0165. The molecule has 4 amide bonds. The molecule has 2 heterocycles. The second kappa shape index (κ2) is 8.15. The SMILES string of the molecule is O=C(CC[C@@H]1NC(=O)N(c2cc(F)c(F)c(F)c2)C1=O)NCCn1cccc1. The van der Waals surface area contributed by atoms with Crippen LogP contribution in [0.5, 0.6) is 0 Å². The number of aromatic nitrogens is 1. The van der Waals surface area contributed by atoms with Crippen LogP contribution < -0.4 is 15.5 Å². The van der Waals surface area contributed by atoms with Gasteiger partial charge in [-0.15, -0.1) is 0 Å². The number of benzene rings is 1. The first-order valence-corrected chi connectivity index (χ1v) is 8.53. The molecule has 1 saturated heterocycles. The van der Waals surface area contributed by atoms with E-state index >= 15 is 0 Å². The molecular weight excluding hydrogens is 377 g/mol. The van der Waals surface area contributed by atoms with Gasteiger partial charge in [-0.2, -0.15) is 0 Å². The fraction of sp³-hybridized carbons (Fsp3) is 0.278. The van der Waals surface area contributed by atoms with E-state index in [9.17, 15) is 27.6 Å². The van der Waals surface area contributed by atoms with E-state index in [2.05, 4.69) is 10.6 Å². The molecule has 1 fully saturated rings. The monoisotopic (exact) mass is 394 g/mol. The van der Waals surface area contributed by atoms with Crippen LogP contribution in [0.2, 0.25) is 0 Å². The zero-order valence-electron chi connectivity index (χ0n) is 14.6. The van der Waals surface area contributed by atoms with Crippen molar-refractivity contribution in [1.82, 2.24) is 15.2 Å². The average molecular weight is 394 g/mol. The van der Waals surface area contributed by atoms with Crippen molar-refractivity contribution in [1.29, 1.82) is 0 Å². The Hall–Kier alpha value is -3.30. The number of halogens is 3. The number of carbonyl (C=O) groups is 3. The van der Waals surface area contributed by atoms with Crippen molar-refractivity contribution in [3.8, 4) is 0 Å². The van der Waals surface area contributed by atoms with Gasteiger partial charge in [-0.1, -0.05) is 0 Å². The quantitative estimate of drug-likeness (QED) is 0.556. The average Bonchev–Trinajstić information content (AvgIpc) is 3.25. The van der Waals surface area contributed by atoms with Gasteiger partial charge in [0.05, 0.1) is 5.69 Å². The van der Waals surface area contributed by atoms with Gasteiger partial charge in [-0.05, 0) is 18.6 Å². The molecule has 2 aromatic rings. The highest BCUT2D eigenvalue weighted by molar-refractivity contribution is 6.21. The fourth-order valence-electron chi connectivity index (χ4n) is 2.85. The molecule has 3 rings (SSSR count). The Morgan fingerprint density at radius 3 is 2.39 bits per heavy atom. The number of urea groups is 1. The lowest BCUT2D eigenvalue weighted by atomic mass is 10.1. The zero-order chi connectivity index (χ0) is 20.3. The largest absolute Gasteiger partial charge is 0.354 e. The maximum atomic E-state index is 13.4. The minimum Gasteiger partial charge on any atom is -0.354 e. The number of hydrogen-bond donors (Lipinski definition) is 2. The standard InChI is InChI=1S/C18H17F3N4O3/c19-12-9-11(10-13(20)16(12)21)25-17(27)14(23-18(25)28)3-4-15(26)22-5-8-24-6-1-2-7-24/h1-2,6-7,9-10,14H,3-5,8H2,(H,22,26)(H,23,28)/t14-/m0/s1. The molecule has 148 valence electrons. The Bertz CT molecular complexity index is 878. The topological polar surface area (TPSA) is 83.4 Å². The third-order valence-corrected chi connectivity index (χ3v) is 4.26. The Morgan fingerprint density at radius 2 is 1.75 bits per heavy atom. The Morgan fingerprint density at radius 1 is 1.11 bits per heavy atom. The van der Waals surface area contributed by atoms with Crippen LogP contribution in [0.25, 0.3) is 0 Å². The van der Waals surface area contributed by atoms with Crippen molar-refractivity contribution in [3.05, 3.63) is 54.1 Å². The van der Waals surface area contributed by atoms with Gasteiger partial charge in [0.25, 0.3) is 5.91 Å². The molecule has 2 N–H and O–H groups in total. The van der Waals surface area contributed by atoms with Gasteiger partial charge < -0.3 is 15.2 Å². The molecule has 1 aliphatic rings.